The number of allylic oxidation sites excluding steroid dienone is 2. The predicted octanol–water partition coefficient (Wildman–Crippen LogP) is 4.95. The van der Waals surface area contributed by atoms with Crippen molar-refractivity contribution >= 4 is 0 Å². The number of hydrogen-bond donors (Lipinski definition) is 1. The highest BCUT2D eigenvalue weighted by Gasteiger charge is 2.59. The fourth-order valence-corrected chi connectivity index (χ4v) is 7.02. The molecule has 4 aliphatic rings. The van der Waals surface area contributed by atoms with Crippen LogP contribution in [0.25, 0.3) is 0 Å². The van der Waals surface area contributed by atoms with Crippen molar-refractivity contribution in [2.45, 2.75) is 78.2 Å². The first kappa shape index (κ1) is 14.3. The summed E-state index contributed by atoms with van der Waals surface area (Å²) in [5.74, 6) is 3.35. The molecule has 0 heterocycles. The first-order valence-electron chi connectivity index (χ1n) is 9.35. The Hall–Kier alpha value is -0.300. The molecule has 21 heavy (non-hydrogen) atoms. The van der Waals surface area contributed by atoms with Gasteiger partial charge in [-0.25, -0.2) is 0 Å². The van der Waals surface area contributed by atoms with Gasteiger partial charge in [-0.1, -0.05) is 32.4 Å². The fourth-order valence-electron chi connectivity index (χ4n) is 7.02. The van der Waals surface area contributed by atoms with Crippen LogP contribution in [-0.4, -0.2) is 11.2 Å². The van der Waals surface area contributed by atoms with Crippen molar-refractivity contribution < 1.29 is 5.11 Å². The third kappa shape index (κ3) is 1.73. The Morgan fingerprint density at radius 2 is 1.90 bits per heavy atom. The SMILES string of the molecule is CC1CCCC2=CC[C@H]3[C@@H]4CC[C@H](O)[C@@]4(C)CC[C@@H]3[C@]21C. The normalized spacial score (nSPS) is 56.2. The Kier molecular flexibility index (Phi) is 3.13. The molecule has 1 heteroatoms. The maximum absolute atomic E-state index is 10.5. The molecule has 1 unspecified atom stereocenters. The minimum Gasteiger partial charge on any atom is -0.393 e. The van der Waals surface area contributed by atoms with Crippen LogP contribution in [0.15, 0.2) is 11.6 Å². The van der Waals surface area contributed by atoms with Crippen molar-refractivity contribution in [2.75, 3.05) is 0 Å². The van der Waals surface area contributed by atoms with Gasteiger partial charge in [0.05, 0.1) is 6.10 Å². The summed E-state index contributed by atoms with van der Waals surface area (Å²) in [6, 6.07) is 0. The van der Waals surface area contributed by atoms with Gasteiger partial charge in [0, 0.05) is 0 Å². The Labute approximate surface area is 130 Å². The summed E-state index contributed by atoms with van der Waals surface area (Å²) in [4.78, 5) is 0. The van der Waals surface area contributed by atoms with Gasteiger partial charge in [0.2, 0.25) is 0 Å². The van der Waals surface area contributed by atoms with Gasteiger partial charge >= 0.3 is 0 Å². The molecular formula is C20H32O. The molecule has 4 rings (SSSR count). The average Bonchev–Trinajstić information content (AvgIpc) is 2.76. The van der Waals surface area contributed by atoms with Crippen molar-refractivity contribution in [3.05, 3.63) is 11.6 Å². The van der Waals surface area contributed by atoms with Crippen LogP contribution in [0.1, 0.15) is 72.1 Å². The second-order valence-electron chi connectivity index (χ2n) is 9.06. The second kappa shape index (κ2) is 4.60. The molecule has 7 atom stereocenters. The molecule has 118 valence electrons. The van der Waals surface area contributed by atoms with Gasteiger partial charge in [0.25, 0.3) is 0 Å². The van der Waals surface area contributed by atoms with Gasteiger partial charge in [-0.05, 0) is 85.9 Å². The highest BCUT2D eigenvalue weighted by atomic mass is 16.3. The van der Waals surface area contributed by atoms with Crippen molar-refractivity contribution in [3.63, 3.8) is 0 Å². The van der Waals surface area contributed by atoms with E-state index >= 15 is 0 Å². The molecule has 0 aromatic rings. The van der Waals surface area contributed by atoms with Gasteiger partial charge < -0.3 is 5.11 Å². The molecule has 1 N–H and O–H groups in total. The molecule has 0 aromatic heterocycles. The molecule has 3 fully saturated rings. The van der Waals surface area contributed by atoms with E-state index in [9.17, 15) is 5.11 Å². The van der Waals surface area contributed by atoms with E-state index in [-0.39, 0.29) is 11.5 Å². The minimum absolute atomic E-state index is 0.0367. The van der Waals surface area contributed by atoms with Gasteiger partial charge in [-0.15, -0.1) is 0 Å². The molecule has 3 saturated carbocycles. The maximum atomic E-state index is 10.5. The van der Waals surface area contributed by atoms with E-state index in [2.05, 4.69) is 26.8 Å². The molecular weight excluding hydrogens is 256 g/mol. The number of aliphatic hydroxyl groups is 1. The predicted molar refractivity (Wildman–Crippen MR) is 86.9 cm³/mol. The fraction of sp³-hybridized carbons (Fsp3) is 0.900. The largest absolute Gasteiger partial charge is 0.393 e. The van der Waals surface area contributed by atoms with Crippen LogP contribution in [0.3, 0.4) is 0 Å². The molecule has 4 aliphatic carbocycles. The van der Waals surface area contributed by atoms with E-state index in [0.29, 0.717) is 5.41 Å². The maximum Gasteiger partial charge on any atom is 0.0596 e. The molecule has 0 radical (unpaired) electrons. The zero-order valence-electron chi connectivity index (χ0n) is 14.1. The summed E-state index contributed by atoms with van der Waals surface area (Å²) < 4.78 is 0. The Bertz CT molecular complexity index is 466. The molecule has 0 bridgehead atoms. The zero-order valence-corrected chi connectivity index (χ0v) is 14.1. The zero-order chi connectivity index (χ0) is 14.8. The van der Waals surface area contributed by atoms with Crippen LogP contribution in [0, 0.1) is 34.5 Å². The van der Waals surface area contributed by atoms with Crippen LogP contribution >= 0.6 is 0 Å². The number of rotatable bonds is 0. The molecule has 0 aliphatic heterocycles. The monoisotopic (exact) mass is 288 g/mol. The van der Waals surface area contributed by atoms with E-state index in [1.165, 1.54) is 44.9 Å². The third-order valence-electron chi connectivity index (χ3n) is 8.59. The highest BCUT2D eigenvalue weighted by Crippen LogP contribution is 2.65. The smallest absolute Gasteiger partial charge is 0.0596 e. The van der Waals surface area contributed by atoms with Gasteiger partial charge in [-0.3, -0.25) is 0 Å². The first-order chi connectivity index (χ1) is 9.98. The van der Waals surface area contributed by atoms with Crippen molar-refractivity contribution in [1.29, 1.82) is 0 Å². The molecule has 0 spiro atoms. The standard InChI is InChI=1S/C20H32O/c1-13-5-4-6-14-7-8-15-16-9-10-18(21)19(16,2)12-11-17(15)20(13,14)3/h7,13,15-18,21H,4-6,8-12H2,1-3H3/t13?,15-,16-,17-,18-,19-,20-/m0/s1. The van der Waals surface area contributed by atoms with E-state index in [4.69, 9.17) is 0 Å². The lowest BCUT2D eigenvalue weighted by Gasteiger charge is -2.59. The quantitative estimate of drug-likeness (QED) is 0.626. The highest BCUT2D eigenvalue weighted by molar-refractivity contribution is 5.25. The third-order valence-corrected chi connectivity index (χ3v) is 8.59. The molecule has 0 saturated heterocycles. The number of hydrogen-bond acceptors (Lipinski definition) is 1. The van der Waals surface area contributed by atoms with Gasteiger partial charge in [-0.2, -0.15) is 0 Å². The van der Waals surface area contributed by atoms with Gasteiger partial charge in [0.15, 0.2) is 0 Å². The topological polar surface area (TPSA) is 20.2 Å². The minimum atomic E-state index is -0.0367. The first-order valence-corrected chi connectivity index (χ1v) is 9.35. The van der Waals surface area contributed by atoms with Gasteiger partial charge in [0.1, 0.15) is 0 Å². The van der Waals surface area contributed by atoms with Crippen LogP contribution in [-0.2, 0) is 0 Å². The van der Waals surface area contributed by atoms with E-state index in [0.717, 1.165) is 30.1 Å². The summed E-state index contributed by atoms with van der Waals surface area (Å²) in [7, 11) is 0. The van der Waals surface area contributed by atoms with Crippen LogP contribution in [0.5, 0.6) is 0 Å². The van der Waals surface area contributed by atoms with Crippen LogP contribution in [0.4, 0.5) is 0 Å². The van der Waals surface area contributed by atoms with E-state index < -0.39 is 0 Å². The number of fused-ring (bicyclic) bond motifs is 5. The lowest BCUT2D eigenvalue weighted by atomic mass is 9.46. The van der Waals surface area contributed by atoms with Crippen molar-refractivity contribution in [2.24, 2.45) is 34.5 Å². The lowest BCUT2D eigenvalue weighted by Crippen LogP contribution is -2.52. The van der Waals surface area contributed by atoms with Crippen LogP contribution in [0.2, 0.25) is 0 Å². The number of aliphatic hydroxyl groups excluding tert-OH is 1. The molecule has 0 amide bonds. The summed E-state index contributed by atoms with van der Waals surface area (Å²) >= 11 is 0. The summed E-state index contributed by atoms with van der Waals surface area (Å²) in [6.45, 7) is 7.48. The Balaban J connectivity index is 1.72. The summed E-state index contributed by atoms with van der Waals surface area (Å²) in [6.07, 6.45) is 13.0. The van der Waals surface area contributed by atoms with Crippen LogP contribution < -0.4 is 0 Å². The molecule has 1 nitrogen and oxygen atoms in total. The lowest BCUT2D eigenvalue weighted by molar-refractivity contribution is -0.0775. The molecule has 0 aromatic carbocycles. The van der Waals surface area contributed by atoms with Crippen molar-refractivity contribution in [3.8, 4) is 0 Å². The van der Waals surface area contributed by atoms with E-state index in [1.54, 1.807) is 5.57 Å². The average molecular weight is 288 g/mol. The summed E-state index contributed by atoms with van der Waals surface area (Å²) in [5, 5.41) is 10.5. The Morgan fingerprint density at radius 1 is 1.10 bits per heavy atom. The second-order valence-corrected chi connectivity index (χ2v) is 9.06. The summed E-state index contributed by atoms with van der Waals surface area (Å²) in [5.41, 5.74) is 2.49. The van der Waals surface area contributed by atoms with E-state index in [1.807, 2.05) is 0 Å². The Morgan fingerprint density at radius 3 is 2.71 bits per heavy atom. The van der Waals surface area contributed by atoms with Crippen molar-refractivity contribution in [1.82, 2.24) is 0 Å².